The van der Waals surface area contributed by atoms with Crippen molar-refractivity contribution in [2.75, 3.05) is 13.1 Å². The van der Waals surface area contributed by atoms with Gasteiger partial charge < -0.3 is 20.4 Å². The predicted octanol–water partition coefficient (Wildman–Crippen LogP) is 2.50. The largest absolute Gasteiger partial charge is 0.573 e. The van der Waals surface area contributed by atoms with E-state index in [1.165, 1.54) is 18.2 Å². The molecule has 2 aromatic rings. The van der Waals surface area contributed by atoms with Crippen molar-refractivity contribution in [3.63, 3.8) is 0 Å². The van der Waals surface area contributed by atoms with E-state index >= 15 is 0 Å². The number of guanidine groups is 1. The Balaban J connectivity index is 1.84. The van der Waals surface area contributed by atoms with E-state index in [-0.39, 0.29) is 11.7 Å². The van der Waals surface area contributed by atoms with Crippen LogP contribution >= 0.6 is 0 Å². The van der Waals surface area contributed by atoms with Crippen LogP contribution in [-0.2, 0) is 0 Å². The maximum atomic E-state index is 12.2. The van der Waals surface area contributed by atoms with Crippen LogP contribution in [0.2, 0.25) is 0 Å². The van der Waals surface area contributed by atoms with Crippen molar-refractivity contribution in [1.82, 2.24) is 14.9 Å². The van der Waals surface area contributed by atoms with E-state index in [1.807, 2.05) is 4.90 Å². The normalized spacial score (nSPS) is 16.5. The molecule has 1 aromatic heterocycles. The second kappa shape index (κ2) is 5.39. The molecule has 118 valence electrons. The lowest BCUT2D eigenvalue weighted by molar-refractivity contribution is -0.274. The summed E-state index contributed by atoms with van der Waals surface area (Å²) in [6, 6.07) is 3.85. The number of likely N-dealkylation sites (tertiary alicyclic amines) is 1. The molecule has 1 fully saturated rings. The number of hydrogen-bond donors (Lipinski definition) is 2. The van der Waals surface area contributed by atoms with Crippen LogP contribution in [0.3, 0.4) is 0 Å². The number of aliphatic imine (C=N–C) groups is 1. The van der Waals surface area contributed by atoms with Crippen LogP contribution in [0.4, 0.5) is 19.1 Å². The summed E-state index contributed by atoms with van der Waals surface area (Å²) in [7, 11) is 0. The quantitative estimate of drug-likeness (QED) is 0.659. The van der Waals surface area contributed by atoms with Crippen molar-refractivity contribution in [2.45, 2.75) is 19.2 Å². The molecule has 0 aliphatic carbocycles. The number of aromatic amines is 1. The van der Waals surface area contributed by atoms with E-state index < -0.39 is 6.36 Å². The van der Waals surface area contributed by atoms with Crippen LogP contribution in [0, 0.1) is 0 Å². The number of alkyl halides is 3. The molecule has 1 saturated heterocycles. The average Bonchev–Trinajstić information content (AvgIpc) is 3.04. The molecule has 3 rings (SSSR count). The molecule has 0 atom stereocenters. The number of hydrogen-bond acceptors (Lipinski definition) is 3. The zero-order chi connectivity index (χ0) is 15.7. The number of nitrogens with one attached hydrogen (secondary N) is 1. The smallest absolute Gasteiger partial charge is 0.406 e. The second-order valence-electron chi connectivity index (χ2n) is 4.95. The van der Waals surface area contributed by atoms with E-state index in [9.17, 15) is 13.2 Å². The van der Waals surface area contributed by atoms with E-state index in [1.54, 1.807) is 0 Å². The Morgan fingerprint density at radius 3 is 2.73 bits per heavy atom. The van der Waals surface area contributed by atoms with Gasteiger partial charge in [0.1, 0.15) is 5.75 Å². The number of halogens is 3. The number of nitrogens with two attached hydrogens (primary N) is 1. The van der Waals surface area contributed by atoms with Gasteiger partial charge in [-0.3, -0.25) is 0 Å². The van der Waals surface area contributed by atoms with Crippen LogP contribution in [0.15, 0.2) is 23.2 Å². The van der Waals surface area contributed by atoms with E-state index in [0.717, 1.165) is 25.9 Å². The summed E-state index contributed by atoms with van der Waals surface area (Å²) in [4.78, 5) is 13.1. The fourth-order valence-corrected chi connectivity index (χ4v) is 2.35. The molecular formula is C13H14F3N5O. The fourth-order valence-electron chi connectivity index (χ4n) is 2.35. The molecule has 1 aliphatic heterocycles. The number of benzene rings is 1. The molecule has 0 unspecified atom stereocenters. The highest BCUT2D eigenvalue weighted by molar-refractivity contribution is 5.83. The van der Waals surface area contributed by atoms with Crippen LogP contribution in [0.1, 0.15) is 12.8 Å². The number of H-pyrrole nitrogens is 1. The van der Waals surface area contributed by atoms with Gasteiger partial charge in [-0.15, -0.1) is 13.2 Å². The predicted molar refractivity (Wildman–Crippen MR) is 74.9 cm³/mol. The average molecular weight is 313 g/mol. The van der Waals surface area contributed by atoms with Gasteiger partial charge in [0.25, 0.3) is 0 Å². The van der Waals surface area contributed by atoms with Gasteiger partial charge in [0.05, 0.1) is 11.0 Å². The Labute approximate surface area is 123 Å². The van der Waals surface area contributed by atoms with E-state index in [2.05, 4.69) is 19.7 Å². The molecule has 0 bridgehead atoms. The maximum absolute atomic E-state index is 12.2. The first-order chi connectivity index (χ1) is 10.4. The van der Waals surface area contributed by atoms with Gasteiger partial charge in [-0.2, -0.15) is 4.99 Å². The third kappa shape index (κ3) is 3.23. The Kier molecular flexibility index (Phi) is 3.55. The van der Waals surface area contributed by atoms with Gasteiger partial charge in [-0.05, 0) is 25.0 Å². The lowest BCUT2D eigenvalue weighted by atomic mass is 10.3. The Bertz CT molecular complexity index is 703. The first kappa shape index (κ1) is 14.5. The maximum Gasteiger partial charge on any atom is 0.573 e. The highest BCUT2D eigenvalue weighted by Gasteiger charge is 2.31. The summed E-state index contributed by atoms with van der Waals surface area (Å²) in [6.07, 6.45) is -2.60. The van der Waals surface area contributed by atoms with E-state index in [4.69, 9.17) is 5.73 Å². The van der Waals surface area contributed by atoms with E-state index in [0.29, 0.717) is 17.0 Å². The summed E-state index contributed by atoms with van der Waals surface area (Å²) >= 11 is 0. The van der Waals surface area contributed by atoms with Crippen LogP contribution < -0.4 is 10.5 Å². The molecule has 9 heteroatoms. The zero-order valence-corrected chi connectivity index (χ0v) is 11.5. The fraction of sp³-hybridized carbons (Fsp3) is 0.385. The third-order valence-corrected chi connectivity index (χ3v) is 3.32. The highest BCUT2D eigenvalue weighted by Crippen LogP contribution is 2.26. The third-order valence-electron chi connectivity index (χ3n) is 3.32. The van der Waals surface area contributed by atoms with Crippen molar-refractivity contribution < 1.29 is 17.9 Å². The van der Waals surface area contributed by atoms with Crippen LogP contribution in [-0.4, -0.2) is 40.3 Å². The minimum absolute atomic E-state index is 0.253. The van der Waals surface area contributed by atoms with Crippen molar-refractivity contribution >= 4 is 22.9 Å². The molecule has 3 N–H and O–H groups in total. The lowest BCUT2D eigenvalue weighted by Crippen LogP contribution is -2.34. The molecular weight excluding hydrogens is 299 g/mol. The molecule has 0 radical (unpaired) electrons. The number of imidazole rings is 1. The van der Waals surface area contributed by atoms with Gasteiger partial charge in [-0.25, -0.2) is 4.98 Å². The Morgan fingerprint density at radius 1 is 1.32 bits per heavy atom. The first-order valence-electron chi connectivity index (χ1n) is 6.75. The van der Waals surface area contributed by atoms with Gasteiger partial charge >= 0.3 is 6.36 Å². The SMILES string of the molecule is N/C(=N\c1nc2ccc(OC(F)(F)F)cc2[nH]1)N1CCCC1. The lowest BCUT2D eigenvalue weighted by Gasteiger charge is -2.14. The molecule has 0 spiro atoms. The topological polar surface area (TPSA) is 79.5 Å². The molecule has 0 saturated carbocycles. The van der Waals surface area contributed by atoms with Crippen molar-refractivity contribution in [3.05, 3.63) is 18.2 Å². The molecule has 0 amide bonds. The first-order valence-corrected chi connectivity index (χ1v) is 6.75. The molecule has 2 heterocycles. The number of nitrogens with zero attached hydrogens (tertiary/aromatic N) is 3. The standard InChI is InChI=1S/C13H14F3N5O/c14-13(15,16)22-8-3-4-9-10(7-8)19-12(18-9)20-11(17)21-5-1-2-6-21/h3-4,7H,1-2,5-6H2,(H3,17,18,19,20). The van der Waals surface area contributed by atoms with Gasteiger partial charge in [-0.1, -0.05) is 0 Å². The number of ether oxygens (including phenoxy) is 1. The minimum atomic E-state index is -4.73. The number of aromatic nitrogens is 2. The Morgan fingerprint density at radius 2 is 2.05 bits per heavy atom. The molecule has 1 aromatic carbocycles. The summed E-state index contributed by atoms with van der Waals surface area (Å²) < 4.78 is 40.5. The number of fused-ring (bicyclic) bond motifs is 1. The summed E-state index contributed by atoms with van der Waals surface area (Å²) in [5.74, 6) is 0.290. The van der Waals surface area contributed by atoms with Crippen LogP contribution in [0.5, 0.6) is 5.75 Å². The monoisotopic (exact) mass is 313 g/mol. The van der Waals surface area contributed by atoms with Gasteiger partial charge in [0, 0.05) is 19.2 Å². The van der Waals surface area contributed by atoms with Crippen LogP contribution in [0.25, 0.3) is 11.0 Å². The number of rotatable bonds is 2. The van der Waals surface area contributed by atoms with Gasteiger partial charge in [0.15, 0.2) is 5.96 Å². The molecule has 6 nitrogen and oxygen atoms in total. The van der Waals surface area contributed by atoms with Crippen molar-refractivity contribution in [3.8, 4) is 5.75 Å². The summed E-state index contributed by atoms with van der Waals surface area (Å²) in [5, 5.41) is 0. The van der Waals surface area contributed by atoms with Crippen molar-refractivity contribution in [1.29, 1.82) is 0 Å². The second-order valence-corrected chi connectivity index (χ2v) is 4.95. The highest BCUT2D eigenvalue weighted by atomic mass is 19.4. The molecule has 22 heavy (non-hydrogen) atoms. The molecule has 1 aliphatic rings. The van der Waals surface area contributed by atoms with Gasteiger partial charge in [0.2, 0.25) is 5.95 Å². The summed E-state index contributed by atoms with van der Waals surface area (Å²) in [5.41, 5.74) is 6.77. The van der Waals surface area contributed by atoms with Crippen molar-refractivity contribution in [2.24, 2.45) is 10.7 Å². The summed E-state index contributed by atoms with van der Waals surface area (Å²) in [6.45, 7) is 1.69. The minimum Gasteiger partial charge on any atom is -0.406 e. The Hall–Kier alpha value is -2.45. The zero-order valence-electron chi connectivity index (χ0n) is 11.5.